The van der Waals surface area contributed by atoms with Gasteiger partial charge in [-0.25, -0.2) is 0 Å². The summed E-state index contributed by atoms with van der Waals surface area (Å²) in [5.41, 5.74) is 3.38. The summed E-state index contributed by atoms with van der Waals surface area (Å²) in [4.78, 5) is 27.4. The second-order valence-corrected chi connectivity index (χ2v) is 8.85. The number of thioether (sulfide) groups is 1. The Kier molecular flexibility index (Phi) is 9.74. The van der Waals surface area contributed by atoms with Gasteiger partial charge in [-0.2, -0.15) is 0 Å². The summed E-state index contributed by atoms with van der Waals surface area (Å²) >= 11 is 5.01. The van der Waals surface area contributed by atoms with E-state index in [-0.39, 0.29) is 11.8 Å². The molecule has 0 aliphatic rings. The zero-order chi connectivity index (χ0) is 21.2. The van der Waals surface area contributed by atoms with E-state index < -0.39 is 6.04 Å². The lowest BCUT2D eigenvalue weighted by molar-refractivity contribution is -0.139. The fraction of sp³-hybridized carbons (Fsp3) is 0.391. The third kappa shape index (κ3) is 7.52. The summed E-state index contributed by atoms with van der Waals surface area (Å²) in [5.74, 6) is 1.01. The van der Waals surface area contributed by atoms with Gasteiger partial charge >= 0.3 is 0 Å². The van der Waals surface area contributed by atoms with Crippen molar-refractivity contribution in [1.82, 2.24) is 10.2 Å². The molecule has 1 unspecified atom stereocenters. The molecule has 0 spiro atoms. The Morgan fingerprint density at radius 3 is 2.24 bits per heavy atom. The number of nitrogens with one attached hydrogen (secondary N) is 1. The van der Waals surface area contributed by atoms with E-state index in [2.05, 4.69) is 33.4 Å². The van der Waals surface area contributed by atoms with Gasteiger partial charge < -0.3 is 10.2 Å². The van der Waals surface area contributed by atoms with Crippen LogP contribution in [0, 0.1) is 6.92 Å². The number of hydrogen-bond acceptors (Lipinski definition) is 3. The third-order valence-electron chi connectivity index (χ3n) is 4.62. The number of carbonyl (C=O) groups excluding carboxylic acids is 2. The van der Waals surface area contributed by atoms with E-state index in [1.165, 1.54) is 11.1 Å². The third-order valence-corrected chi connectivity index (χ3v) is 6.14. The van der Waals surface area contributed by atoms with Crippen molar-refractivity contribution in [2.24, 2.45) is 0 Å². The normalized spacial score (nSPS) is 11.7. The van der Waals surface area contributed by atoms with Crippen molar-refractivity contribution in [2.45, 2.75) is 45.5 Å². The Bertz CT molecular complexity index is 794. The monoisotopic (exact) mass is 476 g/mol. The largest absolute Gasteiger partial charge is 0.355 e. The first-order chi connectivity index (χ1) is 13.9. The van der Waals surface area contributed by atoms with Gasteiger partial charge in [-0.3, -0.25) is 9.59 Å². The molecule has 0 saturated carbocycles. The van der Waals surface area contributed by atoms with Crippen molar-refractivity contribution < 1.29 is 9.59 Å². The highest BCUT2D eigenvalue weighted by molar-refractivity contribution is 9.10. The minimum absolute atomic E-state index is 0.00853. The van der Waals surface area contributed by atoms with Gasteiger partial charge in [0.15, 0.2) is 0 Å². The molecule has 0 fully saturated rings. The Labute approximate surface area is 186 Å². The highest BCUT2D eigenvalue weighted by atomic mass is 79.9. The van der Waals surface area contributed by atoms with Crippen LogP contribution < -0.4 is 5.32 Å². The number of amides is 2. The van der Waals surface area contributed by atoms with Crippen molar-refractivity contribution in [3.05, 3.63) is 69.7 Å². The summed E-state index contributed by atoms with van der Waals surface area (Å²) in [6, 6.07) is 15.8. The maximum Gasteiger partial charge on any atom is 0.242 e. The molecule has 6 heteroatoms. The van der Waals surface area contributed by atoms with E-state index in [1.54, 1.807) is 16.7 Å². The maximum atomic E-state index is 13.1. The molecule has 2 amide bonds. The van der Waals surface area contributed by atoms with E-state index in [0.717, 1.165) is 15.8 Å². The second-order valence-electron chi connectivity index (χ2n) is 6.95. The average molecular weight is 477 g/mol. The van der Waals surface area contributed by atoms with Gasteiger partial charge in [-0.15, -0.1) is 11.8 Å². The smallest absolute Gasteiger partial charge is 0.242 e. The lowest BCUT2D eigenvalue weighted by Crippen LogP contribution is -2.49. The predicted molar refractivity (Wildman–Crippen MR) is 125 cm³/mol. The molecule has 1 atom stereocenters. The van der Waals surface area contributed by atoms with Crippen molar-refractivity contribution in [1.29, 1.82) is 0 Å². The van der Waals surface area contributed by atoms with Gasteiger partial charge in [0, 0.05) is 23.3 Å². The summed E-state index contributed by atoms with van der Waals surface area (Å²) < 4.78 is 1.04. The molecule has 0 aliphatic carbocycles. The molecule has 0 bridgehead atoms. The van der Waals surface area contributed by atoms with E-state index in [0.29, 0.717) is 25.3 Å². The number of benzene rings is 2. The van der Waals surface area contributed by atoms with Crippen molar-refractivity contribution >= 4 is 39.5 Å². The van der Waals surface area contributed by atoms with Gasteiger partial charge in [-0.05, 0) is 43.5 Å². The first kappa shape index (κ1) is 23.5. The summed E-state index contributed by atoms with van der Waals surface area (Å²) in [6.07, 6.45) is 0.584. The Balaban J connectivity index is 2.08. The molecular formula is C23H29BrN2O2S. The number of nitrogens with zero attached hydrogens (tertiary/aromatic N) is 1. The average Bonchev–Trinajstić information content (AvgIpc) is 2.71. The molecule has 156 valence electrons. The number of carbonyl (C=O) groups is 2. The van der Waals surface area contributed by atoms with Gasteiger partial charge in [0.1, 0.15) is 6.04 Å². The van der Waals surface area contributed by atoms with E-state index in [1.807, 2.05) is 57.2 Å². The molecule has 0 heterocycles. The molecular weight excluding hydrogens is 448 g/mol. The molecule has 0 saturated heterocycles. The van der Waals surface area contributed by atoms with Gasteiger partial charge in [0.05, 0.1) is 5.75 Å². The Morgan fingerprint density at radius 2 is 1.66 bits per heavy atom. The molecule has 0 radical (unpaired) electrons. The molecule has 2 aromatic rings. The van der Waals surface area contributed by atoms with Crippen LogP contribution in [0.1, 0.15) is 37.0 Å². The number of rotatable bonds is 10. The zero-order valence-corrected chi connectivity index (χ0v) is 19.7. The van der Waals surface area contributed by atoms with Crippen LogP contribution in [-0.4, -0.2) is 35.1 Å². The van der Waals surface area contributed by atoms with Crippen LogP contribution in [0.2, 0.25) is 0 Å². The number of likely N-dealkylation sites (N-methyl/N-ethyl adjacent to an activating group) is 1. The van der Waals surface area contributed by atoms with Crippen LogP contribution in [0.25, 0.3) is 0 Å². The highest BCUT2D eigenvalue weighted by Crippen LogP contribution is 2.19. The summed E-state index contributed by atoms with van der Waals surface area (Å²) in [7, 11) is 0. The molecule has 2 rings (SSSR count). The highest BCUT2D eigenvalue weighted by Gasteiger charge is 2.28. The van der Waals surface area contributed by atoms with Crippen LogP contribution in [0.3, 0.4) is 0 Å². The SMILES string of the molecule is CCNC(=O)C(CC)N(Cc1ccc(C)cc1)C(=O)CSCc1ccc(Br)cc1. The van der Waals surface area contributed by atoms with Crippen LogP contribution in [0.5, 0.6) is 0 Å². The van der Waals surface area contributed by atoms with E-state index in [9.17, 15) is 9.59 Å². The molecule has 29 heavy (non-hydrogen) atoms. The number of hydrogen-bond donors (Lipinski definition) is 1. The fourth-order valence-corrected chi connectivity index (χ4v) is 4.16. The molecule has 1 N–H and O–H groups in total. The topological polar surface area (TPSA) is 49.4 Å². The van der Waals surface area contributed by atoms with Crippen LogP contribution >= 0.6 is 27.7 Å². The summed E-state index contributed by atoms with van der Waals surface area (Å²) in [5, 5.41) is 2.87. The zero-order valence-electron chi connectivity index (χ0n) is 17.3. The van der Waals surface area contributed by atoms with Crippen molar-refractivity contribution in [3.63, 3.8) is 0 Å². The van der Waals surface area contributed by atoms with Gasteiger partial charge in [0.25, 0.3) is 0 Å². The molecule has 0 aromatic heterocycles. The molecule has 4 nitrogen and oxygen atoms in total. The van der Waals surface area contributed by atoms with Gasteiger partial charge in [-0.1, -0.05) is 64.8 Å². The van der Waals surface area contributed by atoms with Crippen molar-refractivity contribution in [2.75, 3.05) is 12.3 Å². The van der Waals surface area contributed by atoms with Crippen LogP contribution in [-0.2, 0) is 21.9 Å². The quantitative estimate of drug-likeness (QED) is 0.528. The second kappa shape index (κ2) is 12.0. The lowest BCUT2D eigenvalue weighted by atomic mass is 10.1. The Hall–Kier alpha value is -1.79. The van der Waals surface area contributed by atoms with E-state index >= 15 is 0 Å². The van der Waals surface area contributed by atoms with E-state index in [4.69, 9.17) is 0 Å². The first-order valence-electron chi connectivity index (χ1n) is 9.89. The first-order valence-corrected chi connectivity index (χ1v) is 11.8. The standard InChI is InChI=1S/C23H29BrN2O2S/c1-4-21(23(28)25-5-2)26(14-18-8-6-17(3)7-9-18)22(27)16-29-15-19-10-12-20(24)13-11-19/h6-13,21H,4-5,14-16H2,1-3H3,(H,25,28). The minimum Gasteiger partial charge on any atom is -0.355 e. The maximum absolute atomic E-state index is 13.1. The number of aryl methyl sites for hydroxylation is 1. The van der Waals surface area contributed by atoms with Crippen LogP contribution in [0.15, 0.2) is 53.0 Å². The van der Waals surface area contributed by atoms with Crippen LogP contribution in [0.4, 0.5) is 0 Å². The fourth-order valence-electron chi connectivity index (χ4n) is 3.02. The predicted octanol–water partition coefficient (Wildman–Crippen LogP) is 4.93. The molecule has 0 aliphatic heterocycles. The Morgan fingerprint density at radius 1 is 1.03 bits per heavy atom. The van der Waals surface area contributed by atoms with Gasteiger partial charge in [0.2, 0.25) is 11.8 Å². The summed E-state index contributed by atoms with van der Waals surface area (Å²) in [6.45, 7) is 6.87. The van der Waals surface area contributed by atoms with Crippen molar-refractivity contribution in [3.8, 4) is 0 Å². The molecule has 2 aromatic carbocycles. The number of halogens is 1. The minimum atomic E-state index is -0.461. The lowest BCUT2D eigenvalue weighted by Gasteiger charge is -2.30.